The van der Waals surface area contributed by atoms with Crippen LogP contribution in [0, 0.1) is 6.92 Å². The summed E-state index contributed by atoms with van der Waals surface area (Å²) in [5.74, 6) is 0.0657. The van der Waals surface area contributed by atoms with Gasteiger partial charge in [-0.25, -0.2) is 4.98 Å². The maximum absolute atomic E-state index is 12.9. The standard InChI is InChI=1S/C20H27N3O2S/c1-5-14(2)23(13-16-9-7-6-8-10-16)18(24)12-11-17-15(3)21-20(26-4)22-19(17)25/h6-10,14H,5,11-13H2,1-4H3,(H,21,22,25). The molecule has 26 heavy (non-hydrogen) atoms. The molecule has 1 amide bonds. The maximum Gasteiger partial charge on any atom is 0.254 e. The van der Waals surface area contributed by atoms with E-state index in [0.29, 0.717) is 35.8 Å². The lowest BCUT2D eigenvalue weighted by Gasteiger charge is -2.29. The number of H-pyrrole nitrogens is 1. The minimum Gasteiger partial charge on any atom is -0.336 e. The number of amides is 1. The number of carbonyl (C=O) groups is 1. The Morgan fingerprint density at radius 3 is 2.58 bits per heavy atom. The van der Waals surface area contributed by atoms with Crippen molar-refractivity contribution in [2.45, 2.75) is 57.8 Å². The molecule has 0 saturated heterocycles. The fourth-order valence-electron chi connectivity index (χ4n) is 2.84. The monoisotopic (exact) mass is 373 g/mol. The molecular weight excluding hydrogens is 346 g/mol. The Hall–Kier alpha value is -2.08. The molecule has 2 rings (SSSR count). The van der Waals surface area contributed by atoms with Crippen LogP contribution in [0.5, 0.6) is 0 Å². The van der Waals surface area contributed by atoms with E-state index in [1.165, 1.54) is 11.8 Å². The highest BCUT2D eigenvalue weighted by Gasteiger charge is 2.20. The Bertz CT molecular complexity index is 789. The highest BCUT2D eigenvalue weighted by atomic mass is 32.2. The summed E-state index contributed by atoms with van der Waals surface area (Å²) < 4.78 is 0. The molecule has 1 aromatic heterocycles. The predicted molar refractivity (Wildman–Crippen MR) is 106 cm³/mol. The van der Waals surface area contributed by atoms with E-state index in [9.17, 15) is 9.59 Å². The van der Waals surface area contributed by atoms with E-state index in [4.69, 9.17) is 0 Å². The molecule has 2 aromatic rings. The smallest absolute Gasteiger partial charge is 0.254 e. The molecule has 0 radical (unpaired) electrons. The normalized spacial score (nSPS) is 12.0. The van der Waals surface area contributed by atoms with E-state index in [2.05, 4.69) is 23.8 Å². The lowest BCUT2D eigenvalue weighted by molar-refractivity contribution is -0.134. The fourth-order valence-corrected chi connectivity index (χ4v) is 3.26. The van der Waals surface area contributed by atoms with E-state index in [-0.39, 0.29) is 17.5 Å². The van der Waals surface area contributed by atoms with Crippen LogP contribution in [0.4, 0.5) is 0 Å². The van der Waals surface area contributed by atoms with Gasteiger partial charge in [-0.1, -0.05) is 49.0 Å². The highest BCUT2D eigenvalue weighted by Crippen LogP contribution is 2.15. The summed E-state index contributed by atoms with van der Waals surface area (Å²) >= 11 is 1.40. The summed E-state index contributed by atoms with van der Waals surface area (Å²) in [6.07, 6.45) is 3.47. The highest BCUT2D eigenvalue weighted by molar-refractivity contribution is 7.98. The topological polar surface area (TPSA) is 66.1 Å². The van der Waals surface area contributed by atoms with Crippen LogP contribution in [-0.2, 0) is 17.8 Å². The number of nitrogens with one attached hydrogen (secondary N) is 1. The Labute approximate surface area is 159 Å². The fraction of sp³-hybridized carbons (Fsp3) is 0.450. The second-order valence-corrected chi connectivity index (χ2v) is 7.20. The number of rotatable bonds is 8. The Balaban J connectivity index is 2.11. The van der Waals surface area contributed by atoms with Crippen molar-refractivity contribution in [3.63, 3.8) is 0 Å². The molecule has 0 aliphatic heterocycles. The zero-order chi connectivity index (χ0) is 19.1. The third kappa shape index (κ3) is 5.21. The second-order valence-electron chi connectivity index (χ2n) is 6.40. The van der Waals surface area contributed by atoms with Crippen LogP contribution < -0.4 is 5.56 Å². The van der Waals surface area contributed by atoms with Gasteiger partial charge in [-0.3, -0.25) is 9.59 Å². The third-order valence-electron chi connectivity index (χ3n) is 4.62. The number of hydrogen-bond acceptors (Lipinski definition) is 4. The van der Waals surface area contributed by atoms with Crippen LogP contribution in [0.3, 0.4) is 0 Å². The molecule has 140 valence electrons. The quantitative estimate of drug-likeness (QED) is 0.567. The molecule has 1 aromatic carbocycles. The number of aromatic amines is 1. The lowest BCUT2D eigenvalue weighted by atomic mass is 10.1. The zero-order valence-electron chi connectivity index (χ0n) is 15.9. The van der Waals surface area contributed by atoms with Gasteiger partial charge in [0.2, 0.25) is 5.91 Å². The first-order valence-corrected chi connectivity index (χ1v) is 10.2. The van der Waals surface area contributed by atoms with E-state index in [0.717, 1.165) is 12.0 Å². The van der Waals surface area contributed by atoms with Crippen molar-refractivity contribution in [2.24, 2.45) is 0 Å². The Kier molecular flexibility index (Phi) is 7.45. The molecule has 6 heteroatoms. The van der Waals surface area contributed by atoms with Crippen molar-refractivity contribution in [3.8, 4) is 0 Å². The first kappa shape index (κ1) is 20.2. The molecule has 0 spiro atoms. The van der Waals surface area contributed by atoms with Crippen molar-refractivity contribution in [1.29, 1.82) is 0 Å². The number of carbonyl (C=O) groups excluding carboxylic acids is 1. The number of hydrogen-bond donors (Lipinski definition) is 1. The number of nitrogens with zero attached hydrogens (tertiary/aromatic N) is 2. The van der Waals surface area contributed by atoms with Crippen molar-refractivity contribution in [2.75, 3.05) is 6.26 Å². The summed E-state index contributed by atoms with van der Waals surface area (Å²) in [6, 6.07) is 10.1. The molecule has 0 fully saturated rings. The van der Waals surface area contributed by atoms with Crippen molar-refractivity contribution >= 4 is 17.7 Å². The lowest BCUT2D eigenvalue weighted by Crippen LogP contribution is -2.38. The molecule has 1 unspecified atom stereocenters. The minimum absolute atomic E-state index is 0.0657. The van der Waals surface area contributed by atoms with Gasteiger partial charge in [0.15, 0.2) is 5.16 Å². The molecule has 0 aliphatic rings. The summed E-state index contributed by atoms with van der Waals surface area (Å²) in [7, 11) is 0. The number of benzene rings is 1. The molecule has 1 heterocycles. The van der Waals surface area contributed by atoms with Gasteiger partial charge in [0.25, 0.3) is 5.56 Å². The maximum atomic E-state index is 12.9. The number of thioether (sulfide) groups is 1. The average Bonchev–Trinajstić information content (AvgIpc) is 2.65. The molecule has 1 N–H and O–H groups in total. The van der Waals surface area contributed by atoms with Crippen molar-refractivity contribution < 1.29 is 4.79 Å². The third-order valence-corrected chi connectivity index (χ3v) is 5.20. The first-order valence-electron chi connectivity index (χ1n) is 8.93. The molecule has 1 atom stereocenters. The zero-order valence-corrected chi connectivity index (χ0v) is 16.7. The Morgan fingerprint density at radius 2 is 2.00 bits per heavy atom. The van der Waals surface area contributed by atoms with Gasteiger partial charge in [-0.05, 0) is 38.5 Å². The average molecular weight is 374 g/mol. The van der Waals surface area contributed by atoms with Crippen LogP contribution in [-0.4, -0.2) is 33.1 Å². The summed E-state index contributed by atoms with van der Waals surface area (Å²) in [6.45, 7) is 6.56. The Morgan fingerprint density at radius 1 is 1.31 bits per heavy atom. The van der Waals surface area contributed by atoms with Crippen LogP contribution in [0.25, 0.3) is 0 Å². The van der Waals surface area contributed by atoms with Gasteiger partial charge in [-0.15, -0.1) is 0 Å². The summed E-state index contributed by atoms with van der Waals surface area (Å²) in [4.78, 5) is 34.2. The van der Waals surface area contributed by atoms with E-state index in [1.54, 1.807) is 0 Å². The molecule has 0 saturated carbocycles. The second kappa shape index (κ2) is 9.57. The van der Waals surface area contributed by atoms with Gasteiger partial charge in [0, 0.05) is 30.3 Å². The van der Waals surface area contributed by atoms with Crippen molar-refractivity contribution in [1.82, 2.24) is 14.9 Å². The van der Waals surface area contributed by atoms with Gasteiger partial charge >= 0.3 is 0 Å². The van der Waals surface area contributed by atoms with Crippen LogP contribution >= 0.6 is 11.8 Å². The van der Waals surface area contributed by atoms with Crippen LogP contribution in [0.15, 0.2) is 40.3 Å². The number of aryl methyl sites for hydroxylation is 1. The van der Waals surface area contributed by atoms with E-state index >= 15 is 0 Å². The van der Waals surface area contributed by atoms with Crippen LogP contribution in [0.2, 0.25) is 0 Å². The van der Waals surface area contributed by atoms with Gasteiger partial charge < -0.3 is 9.88 Å². The summed E-state index contributed by atoms with van der Waals surface area (Å²) in [5.41, 5.74) is 2.26. The van der Waals surface area contributed by atoms with Gasteiger partial charge in [0.1, 0.15) is 0 Å². The van der Waals surface area contributed by atoms with Gasteiger partial charge in [-0.2, -0.15) is 0 Å². The molecular formula is C20H27N3O2S. The molecule has 0 bridgehead atoms. The van der Waals surface area contributed by atoms with E-state index in [1.807, 2.05) is 48.4 Å². The first-order chi connectivity index (χ1) is 12.5. The van der Waals surface area contributed by atoms with Crippen LogP contribution in [0.1, 0.15) is 43.5 Å². The number of aromatic nitrogens is 2. The van der Waals surface area contributed by atoms with Gasteiger partial charge in [0.05, 0.1) is 0 Å². The van der Waals surface area contributed by atoms with E-state index < -0.39 is 0 Å². The van der Waals surface area contributed by atoms with Crippen molar-refractivity contribution in [3.05, 3.63) is 57.5 Å². The summed E-state index contributed by atoms with van der Waals surface area (Å²) in [5, 5.41) is 0.605. The predicted octanol–water partition coefficient (Wildman–Crippen LogP) is 3.56. The minimum atomic E-state index is -0.146. The molecule has 5 nitrogen and oxygen atoms in total. The largest absolute Gasteiger partial charge is 0.336 e. The molecule has 0 aliphatic carbocycles. The SMILES string of the molecule is CCC(C)N(Cc1ccccc1)C(=O)CCc1c(C)nc(SC)[nH]c1=O.